The van der Waals surface area contributed by atoms with Crippen molar-refractivity contribution in [3.63, 3.8) is 0 Å². The fourth-order valence-electron chi connectivity index (χ4n) is 3.20. The van der Waals surface area contributed by atoms with E-state index in [9.17, 15) is 18.0 Å². The van der Waals surface area contributed by atoms with Gasteiger partial charge in [-0.05, 0) is 55.8 Å². The van der Waals surface area contributed by atoms with Crippen molar-refractivity contribution < 1.29 is 18.0 Å². The number of rotatable bonds is 3. The zero-order valence-corrected chi connectivity index (χ0v) is 16.2. The first-order valence-electron chi connectivity index (χ1n) is 9.14. The Morgan fingerprint density at radius 1 is 1.00 bits per heavy atom. The molecule has 0 bridgehead atoms. The molecule has 152 valence electrons. The van der Waals surface area contributed by atoms with Crippen LogP contribution in [0.1, 0.15) is 27.2 Å². The predicted octanol–water partition coefficient (Wildman–Crippen LogP) is 5.31. The minimum atomic E-state index is -4.45. The van der Waals surface area contributed by atoms with Crippen LogP contribution in [0.25, 0.3) is 16.7 Å². The average molecular weight is 410 g/mol. The highest BCUT2D eigenvalue weighted by molar-refractivity contribution is 6.04. The number of aryl methyl sites for hydroxylation is 2. The van der Waals surface area contributed by atoms with E-state index in [1.165, 1.54) is 4.68 Å². The Morgan fingerprint density at radius 3 is 2.40 bits per heavy atom. The fourth-order valence-corrected chi connectivity index (χ4v) is 3.20. The second kappa shape index (κ2) is 7.29. The van der Waals surface area contributed by atoms with Crippen LogP contribution in [0.3, 0.4) is 0 Å². The van der Waals surface area contributed by atoms with Crippen LogP contribution in [0.4, 0.5) is 19.0 Å². The van der Waals surface area contributed by atoms with Gasteiger partial charge in [0, 0.05) is 17.0 Å². The Morgan fingerprint density at radius 2 is 1.70 bits per heavy atom. The number of halogens is 3. The van der Waals surface area contributed by atoms with Crippen molar-refractivity contribution in [2.24, 2.45) is 0 Å². The van der Waals surface area contributed by atoms with E-state index in [1.54, 1.807) is 13.0 Å². The van der Waals surface area contributed by atoms with Crippen LogP contribution in [0, 0.1) is 13.8 Å². The van der Waals surface area contributed by atoms with Gasteiger partial charge in [-0.1, -0.05) is 18.2 Å². The minimum Gasteiger partial charge on any atom is -0.306 e. The van der Waals surface area contributed by atoms with E-state index in [4.69, 9.17) is 0 Å². The van der Waals surface area contributed by atoms with Crippen molar-refractivity contribution in [1.82, 2.24) is 14.8 Å². The number of pyridine rings is 1. The summed E-state index contributed by atoms with van der Waals surface area (Å²) >= 11 is 0. The normalized spacial score (nSPS) is 11.6. The SMILES string of the molecule is Cc1cc(NC(=O)c2ccc(C(F)(F)F)cc2)n(-c2cc(C)c3ccccc3n2)n1. The third kappa shape index (κ3) is 3.76. The van der Waals surface area contributed by atoms with Gasteiger partial charge in [-0.2, -0.15) is 23.0 Å². The number of anilines is 1. The standard InChI is InChI=1S/C22H17F3N4O/c1-13-11-19(26-18-6-4-3-5-17(13)18)29-20(12-14(2)28-29)27-21(30)15-7-9-16(10-8-15)22(23,24)25/h3-12H,1-2H3,(H,27,30). The Labute approximate surface area is 170 Å². The van der Waals surface area contributed by atoms with Crippen molar-refractivity contribution in [2.45, 2.75) is 20.0 Å². The molecule has 0 radical (unpaired) electrons. The smallest absolute Gasteiger partial charge is 0.306 e. The maximum atomic E-state index is 12.7. The highest BCUT2D eigenvalue weighted by Crippen LogP contribution is 2.29. The summed E-state index contributed by atoms with van der Waals surface area (Å²) in [6, 6.07) is 15.3. The van der Waals surface area contributed by atoms with E-state index >= 15 is 0 Å². The summed E-state index contributed by atoms with van der Waals surface area (Å²) in [7, 11) is 0. The molecule has 0 saturated heterocycles. The number of benzene rings is 2. The zero-order chi connectivity index (χ0) is 21.5. The van der Waals surface area contributed by atoms with E-state index in [0.29, 0.717) is 17.3 Å². The van der Waals surface area contributed by atoms with Crippen LogP contribution in [-0.2, 0) is 6.18 Å². The van der Waals surface area contributed by atoms with Gasteiger partial charge < -0.3 is 5.32 Å². The summed E-state index contributed by atoms with van der Waals surface area (Å²) in [6.07, 6.45) is -4.45. The number of aromatic nitrogens is 3. The molecule has 0 aliphatic carbocycles. The predicted molar refractivity (Wildman–Crippen MR) is 108 cm³/mol. The number of carbonyl (C=O) groups excluding carboxylic acids is 1. The van der Waals surface area contributed by atoms with Gasteiger partial charge in [0.05, 0.1) is 16.8 Å². The van der Waals surface area contributed by atoms with Crippen LogP contribution in [0.5, 0.6) is 0 Å². The molecular formula is C22H17F3N4O. The molecule has 1 amide bonds. The maximum Gasteiger partial charge on any atom is 0.416 e. The highest BCUT2D eigenvalue weighted by atomic mass is 19.4. The van der Waals surface area contributed by atoms with Crippen molar-refractivity contribution in [2.75, 3.05) is 5.32 Å². The third-order valence-corrected chi connectivity index (χ3v) is 4.67. The number of fused-ring (bicyclic) bond motifs is 1. The van der Waals surface area contributed by atoms with E-state index in [1.807, 2.05) is 37.3 Å². The molecule has 0 saturated carbocycles. The molecule has 2 aromatic carbocycles. The summed E-state index contributed by atoms with van der Waals surface area (Å²) in [5.41, 5.74) is 1.75. The number of nitrogens with zero attached hydrogens (tertiary/aromatic N) is 3. The number of hydrogen-bond donors (Lipinski definition) is 1. The average Bonchev–Trinajstić information content (AvgIpc) is 3.07. The third-order valence-electron chi connectivity index (χ3n) is 4.67. The first-order valence-corrected chi connectivity index (χ1v) is 9.14. The van der Waals surface area contributed by atoms with Gasteiger partial charge in [0.25, 0.3) is 5.91 Å². The molecule has 30 heavy (non-hydrogen) atoms. The summed E-state index contributed by atoms with van der Waals surface area (Å²) in [5.74, 6) is 0.365. The first kappa shape index (κ1) is 19.6. The Hall–Kier alpha value is -3.68. The lowest BCUT2D eigenvalue weighted by molar-refractivity contribution is -0.137. The topological polar surface area (TPSA) is 59.8 Å². The van der Waals surface area contributed by atoms with Crippen LogP contribution >= 0.6 is 0 Å². The molecular weight excluding hydrogens is 393 g/mol. The van der Waals surface area contributed by atoms with Crippen LogP contribution in [0.2, 0.25) is 0 Å². The minimum absolute atomic E-state index is 0.107. The monoisotopic (exact) mass is 410 g/mol. The number of para-hydroxylation sites is 1. The van der Waals surface area contributed by atoms with Gasteiger partial charge in [-0.3, -0.25) is 4.79 Å². The Bertz CT molecular complexity index is 1240. The molecule has 4 aromatic rings. The second-order valence-corrected chi connectivity index (χ2v) is 6.93. The highest BCUT2D eigenvalue weighted by Gasteiger charge is 2.30. The zero-order valence-electron chi connectivity index (χ0n) is 16.2. The van der Waals surface area contributed by atoms with Crippen LogP contribution in [-0.4, -0.2) is 20.7 Å². The van der Waals surface area contributed by atoms with Crippen molar-refractivity contribution in [1.29, 1.82) is 0 Å². The van der Waals surface area contributed by atoms with Gasteiger partial charge in [0.15, 0.2) is 5.82 Å². The molecule has 0 aliphatic heterocycles. The first-order chi connectivity index (χ1) is 14.2. The van der Waals surface area contributed by atoms with Gasteiger partial charge in [-0.25, -0.2) is 4.98 Å². The van der Waals surface area contributed by atoms with E-state index < -0.39 is 17.6 Å². The number of nitrogens with one attached hydrogen (secondary N) is 1. The maximum absolute atomic E-state index is 12.7. The molecule has 0 fully saturated rings. The number of amides is 1. The molecule has 0 spiro atoms. The van der Waals surface area contributed by atoms with Gasteiger partial charge in [-0.15, -0.1) is 0 Å². The second-order valence-electron chi connectivity index (χ2n) is 6.93. The van der Waals surface area contributed by atoms with Crippen LogP contribution in [0.15, 0.2) is 60.7 Å². The van der Waals surface area contributed by atoms with Gasteiger partial charge >= 0.3 is 6.18 Å². The van der Waals surface area contributed by atoms with Gasteiger partial charge in [0.2, 0.25) is 0 Å². The largest absolute Gasteiger partial charge is 0.416 e. The van der Waals surface area contributed by atoms with Crippen LogP contribution < -0.4 is 5.32 Å². The molecule has 1 N–H and O–H groups in total. The lowest BCUT2D eigenvalue weighted by atomic mass is 10.1. The molecule has 0 aliphatic rings. The molecule has 2 heterocycles. The van der Waals surface area contributed by atoms with Crippen molar-refractivity contribution >= 4 is 22.6 Å². The Balaban J connectivity index is 1.66. The van der Waals surface area contributed by atoms with Gasteiger partial charge in [0.1, 0.15) is 5.82 Å². The van der Waals surface area contributed by atoms with Crippen molar-refractivity contribution in [3.05, 3.63) is 83.0 Å². The lowest BCUT2D eigenvalue weighted by Crippen LogP contribution is -2.16. The molecule has 2 aromatic heterocycles. The summed E-state index contributed by atoms with van der Waals surface area (Å²) in [5, 5.41) is 8.14. The fraction of sp³-hybridized carbons (Fsp3) is 0.136. The van der Waals surface area contributed by atoms with Crippen molar-refractivity contribution in [3.8, 4) is 5.82 Å². The summed E-state index contributed by atoms with van der Waals surface area (Å²) in [6.45, 7) is 3.74. The number of carbonyl (C=O) groups is 1. The molecule has 8 heteroatoms. The number of hydrogen-bond acceptors (Lipinski definition) is 3. The molecule has 4 rings (SSSR count). The summed E-state index contributed by atoms with van der Waals surface area (Å²) < 4.78 is 39.7. The van der Waals surface area contributed by atoms with E-state index in [0.717, 1.165) is 40.7 Å². The summed E-state index contributed by atoms with van der Waals surface area (Å²) in [4.78, 5) is 17.2. The lowest BCUT2D eigenvalue weighted by Gasteiger charge is -2.11. The number of alkyl halides is 3. The molecule has 0 atom stereocenters. The molecule has 5 nitrogen and oxygen atoms in total. The van der Waals surface area contributed by atoms with E-state index in [-0.39, 0.29) is 5.56 Å². The Kier molecular flexibility index (Phi) is 4.77. The molecule has 0 unspecified atom stereocenters. The quantitative estimate of drug-likeness (QED) is 0.498. The van der Waals surface area contributed by atoms with E-state index in [2.05, 4.69) is 15.4 Å².